The van der Waals surface area contributed by atoms with E-state index in [9.17, 15) is 9.59 Å². The average molecular weight is 430 g/mol. The summed E-state index contributed by atoms with van der Waals surface area (Å²) in [4.78, 5) is 26.5. The Morgan fingerprint density at radius 1 is 0.767 bits per heavy atom. The second kappa shape index (κ2) is 10.4. The fourth-order valence-electron chi connectivity index (χ4n) is 2.96. The van der Waals surface area contributed by atoms with Crippen molar-refractivity contribution in [1.82, 2.24) is 0 Å². The van der Waals surface area contributed by atoms with Gasteiger partial charge in [0.15, 0.2) is 0 Å². The van der Waals surface area contributed by atoms with Gasteiger partial charge in [0.2, 0.25) is 0 Å². The average Bonchev–Trinajstić information content (AvgIpc) is 2.69. The Labute approximate surface area is 182 Å². The Balaban J connectivity index is 2.28. The molecule has 0 aromatic heterocycles. The van der Waals surface area contributed by atoms with E-state index in [0.717, 1.165) is 6.54 Å². The van der Waals surface area contributed by atoms with Crippen LogP contribution in [0.2, 0.25) is 0 Å². The third-order valence-electron chi connectivity index (χ3n) is 5.10. The van der Waals surface area contributed by atoms with Crippen LogP contribution in [-0.4, -0.2) is 49.8 Å². The fraction of sp³-hybridized carbons (Fsp3) is 0.440. The number of likely N-dealkylation sites (N-methyl/N-ethyl adjacent to an activating group) is 1. The molecule has 0 radical (unpaired) electrons. The van der Waals surface area contributed by atoms with Gasteiger partial charge in [-0.3, -0.25) is 0 Å². The molecule has 0 heterocycles. The zero-order valence-electron chi connectivity index (χ0n) is 19.4. The number of hydrogen-bond donors (Lipinski definition) is 0. The first kappa shape index (κ1) is 24.4. The van der Waals surface area contributed by atoms with Gasteiger partial charge >= 0.3 is 182 Å². The van der Waals surface area contributed by atoms with Crippen LogP contribution in [0.25, 0.3) is 0 Å². The first-order valence-electron chi connectivity index (χ1n) is 10.6. The van der Waals surface area contributed by atoms with Gasteiger partial charge in [-0.2, -0.15) is 0 Å². The molecule has 0 saturated heterocycles. The molecule has 0 spiro atoms. The number of hydrogen-bond acceptors (Lipinski definition) is 3. The van der Waals surface area contributed by atoms with Crippen molar-refractivity contribution in [3.8, 4) is 0 Å². The van der Waals surface area contributed by atoms with Crippen molar-refractivity contribution >= 4 is 19.2 Å². The molecule has 0 unspecified atom stereocenters. The van der Waals surface area contributed by atoms with E-state index in [0.29, 0.717) is 34.1 Å². The molecular formula is C25H36NO3P. The predicted octanol–water partition coefficient (Wildman–Crippen LogP) is 5.77. The van der Waals surface area contributed by atoms with Crippen molar-refractivity contribution in [1.29, 1.82) is 0 Å². The van der Waals surface area contributed by atoms with Crippen molar-refractivity contribution in [2.75, 3.05) is 34.3 Å². The molecule has 0 N–H and O–H groups in total. The topological polar surface area (TPSA) is 43.4 Å². The van der Waals surface area contributed by atoms with E-state index in [1.807, 2.05) is 48.5 Å². The second-order valence-corrected chi connectivity index (χ2v) is 11.3. The predicted molar refractivity (Wildman–Crippen MR) is 127 cm³/mol. The van der Waals surface area contributed by atoms with Crippen LogP contribution in [0.3, 0.4) is 0 Å². The third-order valence-corrected chi connectivity index (χ3v) is 7.00. The zero-order valence-corrected chi connectivity index (χ0v) is 20.4. The van der Waals surface area contributed by atoms with Gasteiger partial charge in [0.05, 0.1) is 0 Å². The Morgan fingerprint density at radius 2 is 1.13 bits per heavy atom. The molecule has 0 saturated carbocycles. The molecule has 0 atom stereocenters. The van der Waals surface area contributed by atoms with E-state index in [2.05, 4.69) is 48.8 Å². The van der Waals surface area contributed by atoms with E-state index in [-0.39, 0.29) is 11.0 Å². The summed E-state index contributed by atoms with van der Waals surface area (Å²) >= 11 is 0. The van der Waals surface area contributed by atoms with Crippen molar-refractivity contribution in [3.63, 3.8) is 0 Å². The number of nitrogens with zero attached hydrogens (tertiary/aromatic N) is 1. The van der Waals surface area contributed by atoms with Crippen LogP contribution in [0.4, 0.5) is 0 Å². The van der Waals surface area contributed by atoms with E-state index < -0.39 is 8.15 Å². The number of carbonyl (C=O) groups excluding carboxylic acids is 2. The molecular weight excluding hydrogens is 393 g/mol. The minimum atomic E-state index is -2.38. The van der Waals surface area contributed by atoms with Gasteiger partial charge < -0.3 is 0 Å². The van der Waals surface area contributed by atoms with Crippen LogP contribution in [-0.2, 0) is 4.52 Å². The molecule has 0 fully saturated rings. The Hall–Kier alpha value is -1.87. The number of carbonyl (C=O) groups is 2. The van der Waals surface area contributed by atoms with Gasteiger partial charge in [-0.15, -0.1) is 0 Å². The van der Waals surface area contributed by atoms with E-state index in [1.165, 1.54) is 11.1 Å². The van der Waals surface area contributed by atoms with E-state index >= 15 is 0 Å². The Bertz CT molecular complexity index is 786. The maximum atomic E-state index is 13.3. The molecule has 0 aliphatic carbocycles. The van der Waals surface area contributed by atoms with Crippen LogP contribution >= 0.6 is 8.15 Å². The van der Waals surface area contributed by atoms with Gasteiger partial charge in [-0.1, -0.05) is 0 Å². The molecule has 5 heteroatoms. The van der Waals surface area contributed by atoms with Crippen LogP contribution in [0.5, 0.6) is 0 Å². The van der Waals surface area contributed by atoms with Crippen LogP contribution < -0.4 is 0 Å². The quantitative estimate of drug-likeness (QED) is 0.356. The Kier molecular flexibility index (Phi) is 8.49. The molecule has 4 nitrogen and oxygen atoms in total. The molecule has 0 aliphatic rings. The van der Waals surface area contributed by atoms with Gasteiger partial charge in [0, 0.05) is 0 Å². The second-order valence-electron chi connectivity index (χ2n) is 9.40. The van der Waals surface area contributed by atoms with Crippen molar-refractivity contribution in [3.05, 3.63) is 70.8 Å². The van der Waals surface area contributed by atoms with Crippen LogP contribution in [0.1, 0.15) is 71.4 Å². The number of quaternary nitrogens is 1. The van der Waals surface area contributed by atoms with Gasteiger partial charge in [0.25, 0.3) is 0 Å². The Morgan fingerprint density at radius 3 is 1.43 bits per heavy atom. The summed E-state index contributed by atoms with van der Waals surface area (Å²) in [6.07, 6.45) is 0. The number of rotatable bonds is 10. The molecule has 2 aromatic carbocycles. The van der Waals surface area contributed by atoms with Crippen LogP contribution in [0.15, 0.2) is 48.5 Å². The number of benzene rings is 2. The minimum absolute atomic E-state index is 0.186. The van der Waals surface area contributed by atoms with E-state index in [4.69, 9.17) is 4.52 Å². The first-order valence-corrected chi connectivity index (χ1v) is 12.0. The molecule has 0 aliphatic heterocycles. The summed E-state index contributed by atoms with van der Waals surface area (Å²) in [6, 6.07) is 15.1. The molecule has 0 amide bonds. The molecule has 2 rings (SSSR count). The normalized spacial score (nSPS) is 12.4. The molecule has 164 valence electrons. The van der Waals surface area contributed by atoms with Crippen molar-refractivity contribution in [2.24, 2.45) is 0 Å². The molecule has 0 bridgehead atoms. The maximum absolute atomic E-state index is 13.3. The molecule has 30 heavy (non-hydrogen) atoms. The fourth-order valence-corrected chi connectivity index (χ4v) is 4.58. The van der Waals surface area contributed by atoms with Crippen molar-refractivity contribution in [2.45, 2.75) is 39.5 Å². The zero-order chi connectivity index (χ0) is 22.5. The summed E-state index contributed by atoms with van der Waals surface area (Å²) in [7, 11) is 3.81. The van der Waals surface area contributed by atoms with Gasteiger partial charge in [-0.25, -0.2) is 0 Å². The first-order chi connectivity index (χ1) is 14.0. The summed E-state index contributed by atoms with van der Waals surface area (Å²) in [5, 5.41) is 0. The monoisotopic (exact) mass is 429 g/mol. The summed E-state index contributed by atoms with van der Waals surface area (Å²) in [5.74, 6) is 0.779. The SMILES string of the molecule is CC(C)c1ccc(C(=O)[PH-](OCC[N+](C)(C)C)C(=O)c2ccc(C(C)C)cc2)cc1. The van der Waals surface area contributed by atoms with Gasteiger partial charge in [-0.05, 0) is 0 Å². The van der Waals surface area contributed by atoms with Crippen molar-refractivity contribution < 1.29 is 18.6 Å². The standard InChI is InChI=1S/C25H36NO3P/c1-18(2)20-8-12-22(13-9-20)24(27)30(29-17-16-26(5,6)7)25(28)23-14-10-21(11-15-23)19(3)4/h8-15,18-19,30H,16-17H2,1-7H3. The summed E-state index contributed by atoms with van der Waals surface area (Å²) < 4.78 is 6.71. The third kappa shape index (κ3) is 6.84. The molecule has 2 aromatic rings. The van der Waals surface area contributed by atoms with Crippen LogP contribution in [0, 0.1) is 0 Å². The summed E-state index contributed by atoms with van der Waals surface area (Å²) in [5.41, 5.74) is 3.06. The van der Waals surface area contributed by atoms with Gasteiger partial charge in [0.1, 0.15) is 0 Å². The van der Waals surface area contributed by atoms with E-state index in [1.54, 1.807) is 0 Å². The summed E-state index contributed by atoms with van der Waals surface area (Å²) in [6.45, 7) is 9.57.